The molecule has 2 N–H and O–H groups in total. The number of hydrogen-bond acceptors (Lipinski definition) is 5. The lowest BCUT2D eigenvalue weighted by Gasteiger charge is -2.25. The van der Waals surface area contributed by atoms with Crippen LogP contribution in [0.2, 0.25) is 0 Å². The number of carbonyl (C=O) groups excluding carboxylic acids is 1. The normalized spacial score (nSPS) is 16.9. The van der Waals surface area contributed by atoms with Gasteiger partial charge in [0.25, 0.3) is 5.91 Å². The molecular weight excluding hydrogens is 381 g/mol. The summed E-state index contributed by atoms with van der Waals surface area (Å²) >= 11 is 1.53. The van der Waals surface area contributed by atoms with Gasteiger partial charge in [-0.3, -0.25) is 9.89 Å². The van der Waals surface area contributed by atoms with Crippen LogP contribution < -0.4 is 5.32 Å². The second kappa shape index (κ2) is 6.80. The summed E-state index contributed by atoms with van der Waals surface area (Å²) in [6.45, 7) is 0.256. The highest BCUT2D eigenvalue weighted by Gasteiger charge is 2.42. The zero-order valence-corrected chi connectivity index (χ0v) is 14.8. The van der Waals surface area contributed by atoms with Gasteiger partial charge in [-0.1, -0.05) is 6.07 Å². The van der Waals surface area contributed by atoms with E-state index in [1.54, 1.807) is 10.6 Å². The average Bonchev–Trinajstić information content (AvgIpc) is 3.37. The van der Waals surface area contributed by atoms with Crippen molar-refractivity contribution in [3.63, 3.8) is 0 Å². The van der Waals surface area contributed by atoms with E-state index in [0.29, 0.717) is 11.6 Å². The van der Waals surface area contributed by atoms with Crippen LogP contribution in [-0.4, -0.2) is 37.0 Å². The fourth-order valence-corrected chi connectivity index (χ4v) is 3.74. The third-order valence-electron chi connectivity index (χ3n) is 4.50. The number of halogens is 3. The molecule has 0 aliphatic carbocycles. The zero-order chi connectivity index (χ0) is 19.0. The quantitative estimate of drug-likeness (QED) is 0.710. The highest BCUT2D eigenvalue weighted by atomic mass is 32.1. The van der Waals surface area contributed by atoms with Crippen molar-refractivity contribution >= 4 is 17.2 Å². The number of alkyl halides is 3. The van der Waals surface area contributed by atoms with E-state index in [0.717, 1.165) is 10.6 Å². The molecule has 11 heteroatoms. The standard InChI is InChI=1S/C16H15F3N6OS/c17-16(18,19)9-3-4-25-13(6-9)23-24-14(25)8-20-15(26)11-7-10(21-22-11)12-2-1-5-27-12/h1-2,5,7,9H,3-4,6,8H2,(H,20,26)(H,21,22). The first-order valence-electron chi connectivity index (χ1n) is 8.27. The molecular formula is C16H15F3N6OS. The number of aromatic nitrogens is 5. The largest absolute Gasteiger partial charge is 0.392 e. The third-order valence-corrected chi connectivity index (χ3v) is 5.40. The zero-order valence-electron chi connectivity index (χ0n) is 14.0. The molecule has 0 aromatic carbocycles. The molecule has 7 nitrogen and oxygen atoms in total. The first-order chi connectivity index (χ1) is 12.9. The number of rotatable bonds is 4. The van der Waals surface area contributed by atoms with Gasteiger partial charge in [0.1, 0.15) is 5.82 Å². The molecule has 4 heterocycles. The fourth-order valence-electron chi connectivity index (χ4n) is 3.05. The minimum Gasteiger partial charge on any atom is -0.343 e. The fraction of sp³-hybridized carbons (Fsp3) is 0.375. The summed E-state index contributed by atoms with van der Waals surface area (Å²) in [5.74, 6) is -1.05. The van der Waals surface area contributed by atoms with Crippen LogP contribution >= 0.6 is 11.3 Å². The molecule has 0 fully saturated rings. The number of aromatic amines is 1. The van der Waals surface area contributed by atoms with Crippen LogP contribution in [0.1, 0.15) is 28.6 Å². The molecule has 4 rings (SSSR count). The van der Waals surface area contributed by atoms with Crippen LogP contribution in [0.25, 0.3) is 10.6 Å². The Morgan fingerprint density at radius 2 is 2.26 bits per heavy atom. The van der Waals surface area contributed by atoms with Gasteiger partial charge in [-0.2, -0.15) is 18.3 Å². The third kappa shape index (κ3) is 3.59. The molecule has 0 bridgehead atoms. The summed E-state index contributed by atoms with van der Waals surface area (Å²) in [4.78, 5) is 13.2. The van der Waals surface area contributed by atoms with Gasteiger partial charge >= 0.3 is 6.18 Å². The molecule has 27 heavy (non-hydrogen) atoms. The van der Waals surface area contributed by atoms with Crippen molar-refractivity contribution in [1.29, 1.82) is 0 Å². The molecule has 142 valence electrons. The topological polar surface area (TPSA) is 88.5 Å². The summed E-state index contributed by atoms with van der Waals surface area (Å²) in [7, 11) is 0. The highest BCUT2D eigenvalue weighted by molar-refractivity contribution is 7.13. The van der Waals surface area contributed by atoms with Crippen molar-refractivity contribution in [2.24, 2.45) is 5.92 Å². The van der Waals surface area contributed by atoms with Crippen molar-refractivity contribution in [3.05, 3.63) is 40.9 Å². The maximum Gasteiger partial charge on any atom is 0.392 e. The smallest absolute Gasteiger partial charge is 0.343 e. The van der Waals surface area contributed by atoms with E-state index in [9.17, 15) is 18.0 Å². The Morgan fingerprint density at radius 3 is 3.00 bits per heavy atom. The SMILES string of the molecule is O=C(NCc1nnc2n1CCC(C(F)(F)F)C2)c1cc(-c2cccs2)[nH]n1. The van der Waals surface area contributed by atoms with E-state index in [2.05, 4.69) is 25.7 Å². The lowest BCUT2D eigenvalue weighted by atomic mass is 9.97. The maximum absolute atomic E-state index is 12.9. The minimum atomic E-state index is -4.23. The van der Waals surface area contributed by atoms with Crippen LogP contribution in [0, 0.1) is 5.92 Å². The van der Waals surface area contributed by atoms with Crippen LogP contribution in [-0.2, 0) is 19.5 Å². The van der Waals surface area contributed by atoms with Gasteiger partial charge in [-0.25, -0.2) is 0 Å². The average molecular weight is 396 g/mol. The second-order valence-corrected chi connectivity index (χ2v) is 7.19. The van der Waals surface area contributed by atoms with Crippen LogP contribution in [0.15, 0.2) is 23.6 Å². The Kier molecular flexibility index (Phi) is 4.46. The predicted molar refractivity (Wildman–Crippen MR) is 91.0 cm³/mol. The first kappa shape index (κ1) is 17.7. The second-order valence-electron chi connectivity index (χ2n) is 6.24. The monoisotopic (exact) mass is 396 g/mol. The molecule has 1 amide bonds. The van der Waals surface area contributed by atoms with Crippen LogP contribution in [0.4, 0.5) is 13.2 Å². The number of fused-ring (bicyclic) bond motifs is 1. The Labute approximate surface area is 155 Å². The van der Waals surface area contributed by atoms with Gasteiger partial charge in [0.2, 0.25) is 0 Å². The van der Waals surface area contributed by atoms with E-state index >= 15 is 0 Å². The Balaban J connectivity index is 1.40. The minimum absolute atomic E-state index is 0.0149. The van der Waals surface area contributed by atoms with Gasteiger partial charge < -0.3 is 9.88 Å². The summed E-state index contributed by atoms with van der Waals surface area (Å²) in [5.41, 5.74) is 0.974. The van der Waals surface area contributed by atoms with Crippen molar-refractivity contribution in [2.45, 2.75) is 32.1 Å². The lowest BCUT2D eigenvalue weighted by Crippen LogP contribution is -2.32. The molecule has 1 aliphatic heterocycles. The number of carbonyl (C=O) groups is 1. The van der Waals surface area contributed by atoms with Gasteiger partial charge in [-0.15, -0.1) is 21.5 Å². The summed E-state index contributed by atoms with van der Waals surface area (Å²) in [6.07, 6.45) is -4.43. The summed E-state index contributed by atoms with van der Waals surface area (Å²) in [6, 6.07) is 5.46. The van der Waals surface area contributed by atoms with Crippen LogP contribution in [0.3, 0.4) is 0 Å². The molecule has 1 aliphatic rings. The van der Waals surface area contributed by atoms with Crippen molar-refractivity contribution in [3.8, 4) is 10.6 Å². The van der Waals surface area contributed by atoms with Crippen molar-refractivity contribution in [1.82, 2.24) is 30.3 Å². The highest BCUT2D eigenvalue weighted by Crippen LogP contribution is 2.34. The molecule has 3 aromatic rings. The number of amides is 1. The lowest BCUT2D eigenvalue weighted by molar-refractivity contribution is -0.179. The number of nitrogens with one attached hydrogen (secondary N) is 2. The number of thiophene rings is 1. The van der Waals surface area contributed by atoms with E-state index in [1.165, 1.54) is 11.3 Å². The molecule has 0 spiro atoms. The molecule has 1 unspecified atom stereocenters. The summed E-state index contributed by atoms with van der Waals surface area (Å²) in [5, 5.41) is 19.2. The molecule has 0 radical (unpaired) electrons. The van der Waals surface area contributed by atoms with E-state index < -0.39 is 18.0 Å². The Bertz CT molecular complexity index is 946. The molecule has 0 saturated heterocycles. The van der Waals surface area contributed by atoms with Crippen molar-refractivity contribution in [2.75, 3.05) is 0 Å². The predicted octanol–water partition coefficient (Wildman–Crippen LogP) is 2.78. The first-order valence-corrected chi connectivity index (χ1v) is 9.15. The van der Waals surface area contributed by atoms with E-state index in [-0.39, 0.29) is 31.6 Å². The van der Waals surface area contributed by atoms with Gasteiger partial charge in [0.05, 0.1) is 23.0 Å². The Morgan fingerprint density at radius 1 is 1.41 bits per heavy atom. The number of nitrogens with zero attached hydrogens (tertiary/aromatic N) is 4. The van der Waals surface area contributed by atoms with Crippen molar-refractivity contribution < 1.29 is 18.0 Å². The Hall–Kier alpha value is -2.69. The maximum atomic E-state index is 12.9. The van der Waals surface area contributed by atoms with Gasteiger partial charge in [0.15, 0.2) is 11.5 Å². The van der Waals surface area contributed by atoms with Gasteiger partial charge in [-0.05, 0) is 23.9 Å². The number of H-pyrrole nitrogens is 1. The van der Waals surface area contributed by atoms with Gasteiger partial charge in [0, 0.05) is 13.0 Å². The molecule has 0 saturated carbocycles. The van der Waals surface area contributed by atoms with Crippen LogP contribution in [0.5, 0.6) is 0 Å². The molecule has 3 aromatic heterocycles. The van der Waals surface area contributed by atoms with E-state index in [4.69, 9.17) is 0 Å². The number of hydrogen-bond donors (Lipinski definition) is 2. The molecule has 1 atom stereocenters. The summed E-state index contributed by atoms with van der Waals surface area (Å²) < 4.78 is 40.2. The van der Waals surface area contributed by atoms with E-state index in [1.807, 2.05) is 17.5 Å².